The number of halogens is 1. The van der Waals surface area contributed by atoms with E-state index in [1.54, 1.807) is 0 Å². The predicted molar refractivity (Wildman–Crippen MR) is 80.1 cm³/mol. The van der Waals surface area contributed by atoms with Crippen molar-refractivity contribution in [3.05, 3.63) is 57.6 Å². The van der Waals surface area contributed by atoms with Crippen LogP contribution in [0.15, 0.2) is 53.0 Å². The third-order valence-electron chi connectivity index (χ3n) is 2.72. The molecular weight excluding hydrogens is 308 g/mol. The molecule has 4 heteroatoms. The first-order valence-corrected chi connectivity index (χ1v) is 6.69. The van der Waals surface area contributed by atoms with Crippen LogP contribution < -0.4 is 0 Å². The Morgan fingerprint density at radius 3 is 2.50 bits per heavy atom. The van der Waals surface area contributed by atoms with E-state index in [0.717, 1.165) is 26.8 Å². The summed E-state index contributed by atoms with van der Waals surface area (Å²) in [5.74, 6) is 0. The van der Waals surface area contributed by atoms with Gasteiger partial charge in [0.1, 0.15) is 10.3 Å². The van der Waals surface area contributed by atoms with Crippen molar-refractivity contribution in [2.24, 2.45) is 0 Å². The summed E-state index contributed by atoms with van der Waals surface area (Å²) in [6, 6.07) is 15.9. The highest BCUT2D eigenvalue weighted by Gasteiger charge is 2.04. The summed E-state index contributed by atoms with van der Waals surface area (Å²) in [5, 5.41) is 0. The second-order valence-electron chi connectivity index (χ2n) is 3.94. The van der Waals surface area contributed by atoms with Crippen molar-refractivity contribution in [3.8, 4) is 11.3 Å². The van der Waals surface area contributed by atoms with Crippen molar-refractivity contribution in [2.75, 3.05) is 0 Å². The van der Waals surface area contributed by atoms with Crippen molar-refractivity contribution >= 4 is 39.2 Å². The fourth-order valence-corrected chi connectivity index (χ4v) is 2.37. The molecule has 0 unspecified atom stereocenters. The van der Waals surface area contributed by atoms with E-state index < -0.39 is 0 Å². The lowest BCUT2D eigenvalue weighted by molar-refractivity contribution is 1.27. The molecule has 0 amide bonds. The minimum absolute atomic E-state index is 0.663. The van der Waals surface area contributed by atoms with Crippen LogP contribution in [0.3, 0.4) is 0 Å². The zero-order chi connectivity index (χ0) is 12.5. The number of benzene rings is 2. The van der Waals surface area contributed by atoms with Gasteiger partial charge in [0, 0.05) is 10.0 Å². The van der Waals surface area contributed by atoms with Crippen molar-refractivity contribution in [1.29, 1.82) is 0 Å². The summed E-state index contributed by atoms with van der Waals surface area (Å²) in [7, 11) is 0. The molecule has 0 atom stereocenters. The van der Waals surface area contributed by atoms with Crippen LogP contribution in [0.2, 0.25) is 0 Å². The van der Waals surface area contributed by atoms with E-state index in [9.17, 15) is 0 Å². The lowest BCUT2D eigenvalue weighted by Gasteiger charge is -2.04. The average molecular weight is 317 g/mol. The van der Waals surface area contributed by atoms with Gasteiger partial charge >= 0.3 is 0 Å². The minimum atomic E-state index is 0.663. The van der Waals surface area contributed by atoms with Crippen molar-refractivity contribution in [3.63, 3.8) is 0 Å². The van der Waals surface area contributed by atoms with Gasteiger partial charge in [-0.1, -0.05) is 52.4 Å². The Labute approximate surface area is 118 Å². The van der Waals surface area contributed by atoms with Gasteiger partial charge in [0.2, 0.25) is 0 Å². The van der Waals surface area contributed by atoms with Gasteiger partial charge in [0.25, 0.3) is 0 Å². The molecule has 1 N–H and O–H groups in total. The Bertz CT molecular complexity index is 763. The smallest absolute Gasteiger partial charge is 0.130 e. The first kappa shape index (κ1) is 11.6. The number of fused-ring (bicyclic) bond motifs is 1. The van der Waals surface area contributed by atoms with Crippen molar-refractivity contribution in [2.45, 2.75) is 0 Å². The number of hydrogen-bond acceptors (Lipinski definition) is 2. The molecule has 3 aromatic rings. The van der Waals surface area contributed by atoms with Gasteiger partial charge in [-0.2, -0.15) is 0 Å². The minimum Gasteiger partial charge on any atom is -0.343 e. The molecule has 18 heavy (non-hydrogen) atoms. The first-order valence-electron chi connectivity index (χ1n) is 5.49. The third kappa shape index (κ3) is 2.09. The van der Waals surface area contributed by atoms with Crippen LogP contribution in [0, 0.1) is 4.64 Å². The van der Waals surface area contributed by atoms with E-state index in [1.165, 1.54) is 0 Å². The Balaban J connectivity index is 2.26. The highest BCUT2D eigenvalue weighted by atomic mass is 79.9. The molecule has 0 saturated heterocycles. The number of aromatic nitrogens is 2. The van der Waals surface area contributed by atoms with E-state index in [4.69, 9.17) is 12.2 Å². The number of nitrogens with one attached hydrogen (secondary N) is 1. The van der Waals surface area contributed by atoms with Crippen molar-refractivity contribution in [1.82, 2.24) is 9.97 Å². The Morgan fingerprint density at radius 2 is 1.72 bits per heavy atom. The van der Waals surface area contributed by atoms with E-state index in [0.29, 0.717) is 4.64 Å². The summed E-state index contributed by atoms with van der Waals surface area (Å²) < 4.78 is 1.71. The molecule has 0 fully saturated rings. The third-order valence-corrected chi connectivity index (χ3v) is 3.54. The second-order valence-corrected chi connectivity index (χ2v) is 5.26. The van der Waals surface area contributed by atoms with Gasteiger partial charge in [-0.05, 0) is 24.3 Å². The summed E-state index contributed by atoms with van der Waals surface area (Å²) in [4.78, 5) is 7.84. The fraction of sp³-hybridized carbons (Fsp3) is 0. The van der Waals surface area contributed by atoms with E-state index in [-0.39, 0.29) is 0 Å². The summed E-state index contributed by atoms with van der Waals surface area (Å²) in [6.07, 6.45) is 0. The summed E-state index contributed by atoms with van der Waals surface area (Å²) in [5.41, 5.74) is 3.72. The SMILES string of the molecule is S=c1[nH]c2ccccc2nc1-c1ccc(Br)cc1. The molecule has 88 valence electrons. The molecule has 0 saturated carbocycles. The zero-order valence-corrected chi connectivity index (χ0v) is 11.8. The Kier molecular flexibility index (Phi) is 2.97. The molecule has 0 aliphatic rings. The topological polar surface area (TPSA) is 28.7 Å². The lowest BCUT2D eigenvalue weighted by Crippen LogP contribution is -1.90. The molecule has 0 radical (unpaired) electrons. The molecule has 1 heterocycles. The van der Waals surface area contributed by atoms with Gasteiger partial charge in [0.05, 0.1) is 11.0 Å². The average Bonchev–Trinajstić information content (AvgIpc) is 2.39. The number of H-pyrrole nitrogens is 1. The van der Waals surface area contributed by atoms with Crippen LogP contribution in [0.25, 0.3) is 22.3 Å². The van der Waals surface area contributed by atoms with Gasteiger partial charge in [-0.3, -0.25) is 0 Å². The highest BCUT2D eigenvalue weighted by Crippen LogP contribution is 2.22. The quantitative estimate of drug-likeness (QED) is 0.658. The van der Waals surface area contributed by atoms with E-state index in [2.05, 4.69) is 25.9 Å². The fourth-order valence-electron chi connectivity index (χ4n) is 1.83. The van der Waals surface area contributed by atoms with Crippen LogP contribution in [0.1, 0.15) is 0 Å². The van der Waals surface area contributed by atoms with Gasteiger partial charge in [0.15, 0.2) is 0 Å². The van der Waals surface area contributed by atoms with Crippen molar-refractivity contribution < 1.29 is 0 Å². The standard InChI is InChI=1S/C14H9BrN2S/c15-10-7-5-9(6-8-10)13-14(18)17-12-4-2-1-3-11(12)16-13/h1-8H,(H,17,18). The molecule has 2 aromatic carbocycles. The Hall–Kier alpha value is -1.52. The van der Waals surface area contributed by atoms with E-state index >= 15 is 0 Å². The maximum absolute atomic E-state index is 5.36. The number of nitrogens with zero attached hydrogens (tertiary/aromatic N) is 1. The zero-order valence-electron chi connectivity index (χ0n) is 9.35. The van der Waals surface area contributed by atoms with Crippen LogP contribution in [-0.4, -0.2) is 9.97 Å². The number of aromatic amines is 1. The molecular formula is C14H9BrN2S. The predicted octanol–water partition coefficient (Wildman–Crippen LogP) is 4.72. The molecule has 1 aromatic heterocycles. The monoisotopic (exact) mass is 316 g/mol. The summed E-state index contributed by atoms with van der Waals surface area (Å²) in [6.45, 7) is 0. The van der Waals surface area contributed by atoms with Gasteiger partial charge in [-0.15, -0.1) is 0 Å². The molecule has 3 rings (SSSR count). The molecule has 0 aliphatic heterocycles. The summed E-state index contributed by atoms with van der Waals surface area (Å²) >= 11 is 8.79. The number of para-hydroxylation sites is 2. The molecule has 0 aliphatic carbocycles. The maximum atomic E-state index is 5.36. The van der Waals surface area contributed by atoms with Crippen LogP contribution in [0.5, 0.6) is 0 Å². The van der Waals surface area contributed by atoms with Crippen LogP contribution in [-0.2, 0) is 0 Å². The lowest BCUT2D eigenvalue weighted by atomic mass is 10.1. The second kappa shape index (κ2) is 4.63. The maximum Gasteiger partial charge on any atom is 0.130 e. The van der Waals surface area contributed by atoms with Crippen LogP contribution in [0.4, 0.5) is 0 Å². The Morgan fingerprint density at radius 1 is 1.00 bits per heavy atom. The van der Waals surface area contributed by atoms with Crippen LogP contribution >= 0.6 is 28.1 Å². The molecule has 0 spiro atoms. The number of hydrogen-bond donors (Lipinski definition) is 1. The van der Waals surface area contributed by atoms with Gasteiger partial charge < -0.3 is 4.98 Å². The number of rotatable bonds is 1. The van der Waals surface area contributed by atoms with E-state index in [1.807, 2.05) is 48.5 Å². The largest absolute Gasteiger partial charge is 0.343 e. The molecule has 0 bridgehead atoms. The molecule has 2 nitrogen and oxygen atoms in total. The first-order chi connectivity index (χ1) is 8.74. The highest BCUT2D eigenvalue weighted by molar-refractivity contribution is 9.10. The van der Waals surface area contributed by atoms with Gasteiger partial charge in [-0.25, -0.2) is 4.98 Å². The normalized spacial score (nSPS) is 10.7.